The molecule has 0 aromatic heterocycles. The largest absolute Gasteiger partial charge is 0.483 e. The Morgan fingerprint density at radius 3 is 2.30 bits per heavy atom. The molecule has 1 aliphatic heterocycles. The van der Waals surface area contributed by atoms with E-state index in [0.29, 0.717) is 11.7 Å². The number of carboxylic acid groups (broad SMARTS) is 1. The van der Waals surface area contributed by atoms with Crippen LogP contribution >= 0.6 is 0 Å². The second kappa shape index (κ2) is 8.00. The third-order valence-corrected chi connectivity index (χ3v) is 7.05. The van der Waals surface area contributed by atoms with E-state index in [4.69, 9.17) is 14.6 Å². The molecule has 1 heterocycles. The van der Waals surface area contributed by atoms with Crippen molar-refractivity contribution in [3.8, 4) is 0 Å². The number of hydrogen-bond donors (Lipinski definition) is 1. The fourth-order valence-electron chi connectivity index (χ4n) is 5.94. The van der Waals surface area contributed by atoms with Gasteiger partial charge in [-0.05, 0) is 43.4 Å². The van der Waals surface area contributed by atoms with Crippen LogP contribution in [-0.4, -0.2) is 23.3 Å². The first-order valence-electron chi connectivity index (χ1n) is 10.0. The molecule has 4 aliphatic rings. The first kappa shape index (κ1) is 17.3. The van der Waals surface area contributed by atoms with E-state index in [9.17, 15) is 0 Å². The Morgan fingerprint density at radius 2 is 1.57 bits per heavy atom. The molecule has 0 radical (unpaired) electrons. The van der Waals surface area contributed by atoms with Crippen molar-refractivity contribution in [2.45, 2.75) is 102 Å². The van der Waals surface area contributed by atoms with Gasteiger partial charge in [-0.15, -0.1) is 0 Å². The monoisotopic (exact) mass is 322 g/mol. The molecule has 0 aromatic rings. The van der Waals surface area contributed by atoms with Crippen molar-refractivity contribution in [1.29, 1.82) is 0 Å². The summed E-state index contributed by atoms with van der Waals surface area (Å²) in [6.45, 7) is -0.250. The van der Waals surface area contributed by atoms with Gasteiger partial charge >= 0.3 is 0 Å². The summed E-state index contributed by atoms with van der Waals surface area (Å²) in [6.07, 6.45) is 21.4. The van der Waals surface area contributed by atoms with Gasteiger partial charge in [0, 0.05) is 0 Å². The highest BCUT2D eigenvalue weighted by atomic mass is 16.6. The number of hydrogen-bond acceptors (Lipinski definition) is 2. The molecule has 3 heteroatoms. The smallest absolute Gasteiger partial charge is 0.290 e. The van der Waals surface area contributed by atoms with Crippen molar-refractivity contribution in [2.75, 3.05) is 0 Å². The minimum absolute atomic E-state index is 0.250. The summed E-state index contributed by atoms with van der Waals surface area (Å²) < 4.78 is 6.20. The number of epoxide rings is 1. The number of rotatable bonds is 3. The van der Waals surface area contributed by atoms with Crippen LogP contribution in [0, 0.1) is 17.8 Å². The maximum absolute atomic E-state index is 8.36. The van der Waals surface area contributed by atoms with Gasteiger partial charge in [0.25, 0.3) is 6.47 Å². The summed E-state index contributed by atoms with van der Waals surface area (Å²) in [7, 11) is 0. The lowest BCUT2D eigenvalue weighted by atomic mass is 9.65. The van der Waals surface area contributed by atoms with Gasteiger partial charge in [0.2, 0.25) is 0 Å². The van der Waals surface area contributed by atoms with E-state index in [0.717, 1.165) is 17.8 Å². The van der Waals surface area contributed by atoms with E-state index in [1.165, 1.54) is 77.0 Å². The van der Waals surface area contributed by atoms with Crippen LogP contribution in [0.3, 0.4) is 0 Å². The van der Waals surface area contributed by atoms with Crippen LogP contribution in [0.1, 0.15) is 89.9 Å². The minimum atomic E-state index is -0.250. The van der Waals surface area contributed by atoms with Gasteiger partial charge in [-0.3, -0.25) is 4.79 Å². The topological polar surface area (TPSA) is 49.8 Å². The molecule has 1 N–H and O–H groups in total. The van der Waals surface area contributed by atoms with Gasteiger partial charge in [0.1, 0.15) is 0 Å². The molecule has 3 saturated carbocycles. The summed E-state index contributed by atoms with van der Waals surface area (Å²) in [5.74, 6) is 3.14. The quantitative estimate of drug-likeness (QED) is 0.575. The minimum Gasteiger partial charge on any atom is -0.483 e. The molecule has 0 spiro atoms. The molecule has 1 saturated heterocycles. The van der Waals surface area contributed by atoms with Crippen LogP contribution in [-0.2, 0) is 9.53 Å². The zero-order chi connectivity index (χ0) is 16.1. The fourth-order valence-corrected chi connectivity index (χ4v) is 5.94. The SMILES string of the molecule is C1CCC(C2CCCCC2CC23CCCCC2O3)CC1.O=CO. The Bertz CT molecular complexity index is 377. The Hall–Kier alpha value is -0.570. The predicted molar refractivity (Wildman–Crippen MR) is 91.4 cm³/mol. The zero-order valence-electron chi connectivity index (χ0n) is 14.5. The first-order chi connectivity index (χ1) is 11.3. The average Bonchev–Trinajstić information content (AvgIpc) is 3.31. The summed E-state index contributed by atoms with van der Waals surface area (Å²) >= 11 is 0. The van der Waals surface area contributed by atoms with E-state index in [1.807, 2.05) is 0 Å². The normalized spacial score (nSPS) is 40.4. The highest BCUT2D eigenvalue weighted by Gasteiger charge is 2.58. The van der Waals surface area contributed by atoms with Crippen molar-refractivity contribution in [1.82, 2.24) is 0 Å². The molecule has 3 nitrogen and oxygen atoms in total. The Labute approximate surface area is 141 Å². The Morgan fingerprint density at radius 1 is 0.913 bits per heavy atom. The maximum atomic E-state index is 8.36. The van der Waals surface area contributed by atoms with Crippen molar-refractivity contribution in [3.63, 3.8) is 0 Å². The summed E-state index contributed by atoms with van der Waals surface area (Å²) in [5, 5.41) is 6.89. The third-order valence-electron chi connectivity index (χ3n) is 7.05. The summed E-state index contributed by atoms with van der Waals surface area (Å²) in [5.41, 5.74) is 0.382. The summed E-state index contributed by atoms with van der Waals surface area (Å²) in [6, 6.07) is 0. The second-order valence-electron chi connectivity index (χ2n) is 8.33. The summed E-state index contributed by atoms with van der Waals surface area (Å²) in [4.78, 5) is 8.36. The van der Waals surface area contributed by atoms with Crippen LogP contribution in [0.25, 0.3) is 0 Å². The van der Waals surface area contributed by atoms with E-state index in [2.05, 4.69) is 0 Å². The van der Waals surface area contributed by atoms with E-state index in [1.54, 1.807) is 12.8 Å². The molecule has 132 valence electrons. The molecule has 4 unspecified atom stereocenters. The second-order valence-corrected chi connectivity index (χ2v) is 8.33. The van der Waals surface area contributed by atoms with Crippen molar-refractivity contribution in [3.05, 3.63) is 0 Å². The molecule has 23 heavy (non-hydrogen) atoms. The molecule has 3 aliphatic carbocycles. The molecule has 4 rings (SSSR count). The lowest BCUT2D eigenvalue weighted by Crippen LogP contribution is -2.33. The third kappa shape index (κ3) is 4.10. The molecule has 0 amide bonds. The van der Waals surface area contributed by atoms with E-state index >= 15 is 0 Å². The van der Waals surface area contributed by atoms with E-state index in [-0.39, 0.29) is 6.47 Å². The lowest BCUT2D eigenvalue weighted by Gasteiger charge is -2.40. The van der Waals surface area contributed by atoms with Crippen molar-refractivity contribution >= 4 is 6.47 Å². The molecule has 4 atom stereocenters. The lowest BCUT2D eigenvalue weighted by molar-refractivity contribution is -0.122. The molecular formula is C20H34O3. The van der Waals surface area contributed by atoms with Crippen LogP contribution in [0.15, 0.2) is 0 Å². The zero-order valence-corrected chi connectivity index (χ0v) is 14.5. The van der Waals surface area contributed by atoms with Gasteiger partial charge in [-0.1, -0.05) is 64.2 Å². The van der Waals surface area contributed by atoms with Crippen LogP contribution in [0.4, 0.5) is 0 Å². The number of carbonyl (C=O) groups is 1. The van der Waals surface area contributed by atoms with Crippen molar-refractivity contribution in [2.24, 2.45) is 17.8 Å². The van der Waals surface area contributed by atoms with Crippen LogP contribution < -0.4 is 0 Å². The van der Waals surface area contributed by atoms with Crippen LogP contribution in [0.2, 0.25) is 0 Å². The fraction of sp³-hybridized carbons (Fsp3) is 0.950. The number of ether oxygens (including phenoxy) is 1. The Balaban J connectivity index is 0.000000485. The van der Waals surface area contributed by atoms with Gasteiger partial charge in [0.05, 0.1) is 11.7 Å². The average molecular weight is 322 g/mol. The first-order valence-corrected chi connectivity index (χ1v) is 10.0. The molecular weight excluding hydrogens is 288 g/mol. The maximum Gasteiger partial charge on any atom is 0.290 e. The van der Waals surface area contributed by atoms with Gasteiger partial charge in [-0.25, -0.2) is 0 Å². The van der Waals surface area contributed by atoms with Crippen molar-refractivity contribution < 1.29 is 14.6 Å². The van der Waals surface area contributed by atoms with Gasteiger partial charge in [-0.2, -0.15) is 0 Å². The highest BCUT2D eigenvalue weighted by Crippen LogP contribution is 2.55. The van der Waals surface area contributed by atoms with Gasteiger partial charge in [0.15, 0.2) is 0 Å². The standard InChI is InChI=1S/C19H32O.CH2O2/c1-2-8-15(9-3-1)17-11-5-4-10-16(17)14-19-13-7-6-12-18(19)20-19;2-1-3/h15-18H,1-14H2;1H,(H,2,3). The number of fused-ring (bicyclic) bond motifs is 1. The van der Waals surface area contributed by atoms with E-state index < -0.39 is 0 Å². The molecule has 0 aromatic carbocycles. The highest BCUT2D eigenvalue weighted by molar-refractivity contribution is 5.32. The van der Waals surface area contributed by atoms with Gasteiger partial charge < -0.3 is 9.84 Å². The molecule has 0 bridgehead atoms. The predicted octanol–water partition coefficient (Wildman–Crippen LogP) is 5.18. The Kier molecular flexibility index (Phi) is 6.01. The molecule has 4 fully saturated rings. The van der Waals surface area contributed by atoms with Crippen LogP contribution in [0.5, 0.6) is 0 Å².